The monoisotopic (exact) mass is 460 g/mol. The van der Waals surface area contributed by atoms with Crippen LogP contribution in [0.25, 0.3) is 10.9 Å². The summed E-state index contributed by atoms with van der Waals surface area (Å²) in [5.74, 6) is -0.0758. The summed E-state index contributed by atoms with van der Waals surface area (Å²) in [6.07, 6.45) is 2.19. The summed E-state index contributed by atoms with van der Waals surface area (Å²) in [6.45, 7) is 1.49. The Morgan fingerprint density at radius 1 is 0.971 bits per heavy atom. The van der Waals surface area contributed by atoms with Gasteiger partial charge in [-0.1, -0.05) is 48.5 Å². The molecule has 0 radical (unpaired) electrons. The van der Waals surface area contributed by atoms with Crippen molar-refractivity contribution in [3.8, 4) is 5.75 Å². The molecule has 0 saturated heterocycles. The number of benzene rings is 3. The van der Waals surface area contributed by atoms with Gasteiger partial charge in [0.05, 0.1) is 13.7 Å². The first-order chi connectivity index (χ1) is 16.6. The highest BCUT2D eigenvalue weighted by Crippen LogP contribution is 2.36. The molecule has 0 aliphatic heterocycles. The number of methoxy groups -OCH3 is 2. The van der Waals surface area contributed by atoms with Crippen molar-refractivity contribution in [2.24, 2.45) is 0 Å². The molecule has 1 N–H and O–H groups in total. The van der Waals surface area contributed by atoms with Crippen molar-refractivity contribution in [2.75, 3.05) is 27.4 Å². The fourth-order valence-electron chi connectivity index (χ4n) is 4.31. The Morgan fingerprint density at radius 3 is 2.44 bits per heavy atom. The largest absolute Gasteiger partial charge is 0.497 e. The molecule has 34 heavy (non-hydrogen) atoms. The van der Waals surface area contributed by atoms with Gasteiger partial charge in [-0.3, -0.25) is 4.79 Å². The van der Waals surface area contributed by atoms with Crippen molar-refractivity contribution in [3.63, 3.8) is 0 Å². The predicted molar refractivity (Wildman–Crippen MR) is 132 cm³/mol. The maximum absolute atomic E-state index is 14.9. The van der Waals surface area contributed by atoms with Gasteiger partial charge in [0.25, 0.3) is 0 Å². The van der Waals surface area contributed by atoms with Gasteiger partial charge in [0.1, 0.15) is 11.6 Å². The van der Waals surface area contributed by atoms with Crippen LogP contribution in [0.4, 0.5) is 4.39 Å². The van der Waals surface area contributed by atoms with Crippen LogP contribution in [0.2, 0.25) is 0 Å². The first kappa shape index (κ1) is 23.5. The lowest BCUT2D eigenvalue weighted by Crippen LogP contribution is -2.28. The van der Waals surface area contributed by atoms with Crippen LogP contribution < -0.4 is 10.1 Å². The fourth-order valence-corrected chi connectivity index (χ4v) is 4.31. The number of halogens is 1. The molecule has 4 rings (SSSR count). The van der Waals surface area contributed by atoms with Gasteiger partial charge in [0.15, 0.2) is 0 Å². The minimum Gasteiger partial charge on any atom is -0.497 e. The Bertz CT molecular complexity index is 1250. The maximum atomic E-state index is 14.9. The van der Waals surface area contributed by atoms with Crippen LogP contribution >= 0.6 is 0 Å². The molecule has 0 fully saturated rings. The van der Waals surface area contributed by atoms with Crippen molar-refractivity contribution in [1.82, 2.24) is 9.88 Å². The maximum Gasteiger partial charge on any atom is 0.221 e. The summed E-state index contributed by atoms with van der Waals surface area (Å²) in [5, 5.41) is 3.88. The highest BCUT2D eigenvalue weighted by atomic mass is 19.1. The molecule has 4 aromatic rings. The molecular formula is C28H29FN2O3. The molecule has 1 heterocycles. The second-order valence-electron chi connectivity index (χ2n) is 8.20. The fraction of sp³-hybridized carbons (Fsp3) is 0.250. The molecule has 3 aromatic carbocycles. The lowest BCUT2D eigenvalue weighted by molar-refractivity contribution is -0.121. The predicted octanol–water partition coefficient (Wildman–Crippen LogP) is 5.12. The average Bonchev–Trinajstić information content (AvgIpc) is 3.22. The van der Waals surface area contributed by atoms with Gasteiger partial charge in [0.2, 0.25) is 5.91 Å². The van der Waals surface area contributed by atoms with Crippen molar-refractivity contribution in [3.05, 3.63) is 102 Å². The van der Waals surface area contributed by atoms with Gasteiger partial charge in [-0.05, 0) is 41.0 Å². The Hall–Kier alpha value is -3.64. The number of carbonyl (C=O) groups is 1. The van der Waals surface area contributed by atoms with E-state index in [0.717, 1.165) is 27.8 Å². The minimum atomic E-state index is -0.425. The van der Waals surface area contributed by atoms with Crippen LogP contribution in [0.1, 0.15) is 29.0 Å². The molecule has 6 heteroatoms. The molecule has 176 valence electrons. The smallest absolute Gasteiger partial charge is 0.221 e. The van der Waals surface area contributed by atoms with Gasteiger partial charge in [-0.25, -0.2) is 4.39 Å². The van der Waals surface area contributed by atoms with Gasteiger partial charge < -0.3 is 19.4 Å². The van der Waals surface area contributed by atoms with Crippen molar-refractivity contribution in [1.29, 1.82) is 0 Å². The van der Waals surface area contributed by atoms with E-state index in [1.807, 2.05) is 48.5 Å². The summed E-state index contributed by atoms with van der Waals surface area (Å²) >= 11 is 0. The van der Waals surface area contributed by atoms with Crippen molar-refractivity contribution in [2.45, 2.75) is 18.9 Å². The quantitative estimate of drug-likeness (QED) is 0.334. The number of para-hydroxylation sites is 1. The van der Waals surface area contributed by atoms with E-state index < -0.39 is 5.92 Å². The normalized spacial score (nSPS) is 12.0. The lowest BCUT2D eigenvalue weighted by Gasteiger charge is -2.18. The topological polar surface area (TPSA) is 52.5 Å². The van der Waals surface area contributed by atoms with Crippen LogP contribution in [0.5, 0.6) is 5.75 Å². The molecule has 0 aliphatic carbocycles. The molecule has 0 aliphatic rings. The third-order valence-corrected chi connectivity index (χ3v) is 6.01. The molecule has 0 unspecified atom stereocenters. The van der Waals surface area contributed by atoms with Crippen LogP contribution in [0.3, 0.4) is 0 Å². The molecule has 0 saturated carbocycles. The number of hydrogen-bond donors (Lipinski definition) is 1. The molecule has 1 atom stereocenters. The number of nitrogens with zero attached hydrogens (tertiary/aromatic N) is 1. The minimum absolute atomic E-state index is 0.140. The number of nitrogens with one attached hydrogen (secondary N) is 1. The molecule has 5 nitrogen and oxygen atoms in total. The Kier molecular flexibility index (Phi) is 7.60. The SMILES string of the molecule is COCCNC(=O)C[C@H](c1ccccc1F)c1cn(Cc2ccc(OC)cc2)c2ccccc12. The molecule has 1 amide bonds. The average molecular weight is 461 g/mol. The van der Waals surface area contributed by atoms with Crippen LogP contribution in [-0.4, -0.2) is 37.8 Å². The van der Waals surface area contributed by atoms with E-state index in [0.29, 0.717) is 25.3 Å². The summed E-state index contributed by atoms with van der Waals surface area (Å²) in [5.41, 5.74) is 3.59. The number of hydrogen-bond acceptors (Lipinski definition) is 3. The van der Waals surface area contributed by atoms with E-state index in [4.69, 9.17) is 9.47 Å². The number of amides is 1. The van der Waals surface area contributed by atoms with Gasteiger partial charge in [0, 0.05) is 49.6 Å². The molecular weight excluding hydrogens is 431 g/mol. The van der Waals surface area contributed by atoms with E-state index in [-0.39, 0.29) is 18.1 Å². The zero-order chi connectivity index (χ0) is 23.9. The first-order valence-corrected chi connectivity index (χ1v) is 11.3. The third-order valence-electron chi connectivity index (χ3n) is 6.01. The molecule has 0 bridgehead atoms. The van der Waals surface area contributed by atoms with E-state index in [2.05, 4.69) is 22.1 Å². The van der Waals surface area contributed by atoms with Gasteiger partial charge in [-0.2, -0.15) is 0 Å². The number of fused-ring (bicyclic) bond motifs is 1. The van der Waals surface area contributed by atoms with E-state index in [9.17, 15) is 9.18 Å². The zero-order valence-corrected chi connectivity index (χ0v) is 19.5. The van der Waals surface area contributed by atoms with E-state index >= 15 is 0 Å². The summed E-state index contributed by atoms with van der Waals surface area (Å²) < 4.78 is 27.4. The number of rotatable bonds is 10. The molecule has 1 aromatic heterocycles. The Morgan fingerprint density at radius 2 is 1.71 bits per heavy atom. The Labute approximate surface area is 199 Å². The summed E-state index contributed by atoms with van der Waals surface area (Å²) in [7, 11) is 3.24. The van der Waals surface area contributed by atoms with E-state index in [1.165, 1.54) is 6.07 Å². The van der Waals surface area contributed by atoms with Gasteiger partial charge >= 0.3 is 0 Å². The van der Waals surface area contributed by atoms with Crippen molar-refractivity contribution >= 4 is 16.8 Å². The number of ether oxygens (including phenoxy) is 2. The van der Waals surface area contributed by atoms with Gasteiger partial charge in [-0.15, -0.1) is 0 Å². The first-order valence-electron chi connectivity index (χ1n) is 11.3. The van der Waals surface area contributed by atoms with Crippen LogP contribution in [0.15, 0.2) is 79.0 Å². The standard InChI is InChI=1S/C28H29FN2O3/c1-33-16-15-30-28(32)17-24(22-7-3-5-9-26(22)29)25-19-31(27-10-6-4-8-23(25)27)18-20-11-13-21(34-2)14-12-20/h3-14,19,24H,15-18H2,1-2H3,(H,30,32)/t24-/m1/s1. The lowest BCUT2D eigenvalue weighted by atomic mass is 9.87. The summed E-state index contributed by atoms with van der Waals surface area (Å²) in [6, 6.07) is 22.7. The second kappa shape index (κ2) is 11.0. The zero-order valence-electron chi connectivity index (χ0n) is 19.5. The highest BCUT2D eigenvalue weighted by molar-refractivity contribution is 5.86. The third kappa shape index (κ3) is 5.29. The number of carbonyl (C=O) groups excluding carboxylic acids is 1. The second-order valence-corrected chi connectivity index (χ2v) is 8.20. The van der Waals surface area contributed by atoms with Crippen LogP contribution in [0, 0.1) is 5.82 Å². The van der Waals surface area contributed by atoms with Crippen LogP contribution in [-0.2, 0) is 16.1 Å². The summed E-state index contributed by atoms with van der Waals surface area (Å²) in [4.78, 5) is 12.8. The van der Waals surface area contributed by atoms with E-state index in [1.54, 1.807) is 26.4 Å². The number of aromatic nitrogens is 1. The highest BCUT2D eigenvalue weighted by Gasteiger charge is 2.25. The van der Waals surface area contributed by atoms with Crippen molar-refractivity contribution < 1.29 is 18.7 Å². The molecule has 0 spiro atoms. The Balaban J connectivity index is 1.73.